The van der Waals surface area contributed by atoms with Crippen molar-refractivity contribution in [2.75, 3.05) is 13.2 Å². The first-order valence-electron chi connectivity index (χ1n) is 11.0. The van der Waals surface area contributed by atoms with E-state index in [0.717, 1.165) is 26.7 Å². The predicted molar refractivity (Wildman–Crippen MR) is 147 cm³/mol. The molecule has 1 aliphatic heterocycles. The minimum atomic E-state index is -0.506. The maximum Gasteiger partial charge on any atom is 0.293 e. The van der Waals surface area contributed by atoms with Crippen LogP contribution in [-0.4, -0.2) is 35.0 Å². The van der Waals surface area contributed by atoms with Crippen LogP contribution in [0.1, 0.15) is 28.4 Å². The van der Waals surface area contributed by atoms with Crippen LogP contribution < -0.4 is 9.47 Å². The van der Waals surface area contributed by atoms with Crippen LogP contribution >= 0.6 is 43.6 Å². The van der Waals surface area contributed by atoms with Crippen LogP contribution in [0.25, 0.3) is 6.08 Å². The van der Waals surface area contributed by atoms with E-state index in [1.807, 2.05) is 37.3 Å². The van der Waals surface area contributed by atoms with Gasteiger partial charge in [0.1, 0.15) is 6.61 Å². The lowest BCUT2D eigenvalue weighted by Crippen LogP contribution is -2.33. The van der Waals surface area contributed by atoms with E-state index in [1.54, 1.807) is 42.5 Å². The van der Waals surface area contributed by atoms with Gasteiger partial charge in [-0.1, -0.05) is 58.4 Å². The lowest BCUT2D eigenvalue weighted by molar-refractivity contribution is -0.122. The van der Waals surface area contributed by atoms with Gasteiger partial charge in [-0.15, -0.1) is 0 Å². The molecule has 6 nitrogen and oxygen atoms in total. The van der Waals surface area contributed by atoms with E-state index in [0.29, 0.717) is 40.3 Å². The number of ketones is 1. The average Bonchev–Trinajstić information content (AvgIpc) is 3.12. The van der Waals surface area contributed by atoms with Crippen molar-refractivity contribution in [2.45, 2.75) is 13.5 Å². The van der Waals surface area contributed by atoms with Crippen molar-refractivity contribution < 1.29 is 23.9 Å². The first-order chi connectivity index (χ1) is 17.4. The highest BCUT2D eigenvalue weighted by atomic mass is 79.9. The number of thioether (sulfide) groups is 1. The van der Waals surface area contributed by atoms with Crippen molar-refractivity contribution in [2.24, 2.45) is 0 Å². The first kappa shape index (κ1) is 26.2. The van der Waals surface area contributed by atoms with Crippen LogP contribution in [0.4, 0.5) is 4.79 Å². The Morgan fingerprint density at radius 1 is 1.00 bits per heavy atom. The first-order valence-corrected chi connectivity index (χ1v) is 13.4. The maximum atomic E-state index is 13.0. The SMILES string of the molecule is CCOc1cc(/C=C2/SC(=O)N(CC(=O)c3ccc(Br)cc3)C2=O)cc(Br)c1OCc1ccccc1. The molecule has 0 N–H and O–H groups in total. The Hall–Kier alpha value is -2.88. The third-order valence-electron chi connectivity index (χ3n) is 5.20. The molecule has 2 amide bonds. The summed E-state index contributed by atoms with van der Waals surface area (Å²) >= 11 is 7.67. The van der Waals surface area contributed by atoms with Gasteiger partial charge in [0.2, 0.25) is 0 Å². The van der Waals surface area contributed by atoms with Crippen LogP contribution in [-0.2, 0) is 11.4 Å². The molecule has 1 aliphatic rings. The van der Waals surface area contributed by atoms with Gasteiger partial charge in [0.05, 0.1) is 22.5 Å². The number of ether oxygens (including phenoxy) is 2. The highest BCUT2D eigenvalue weighted by molar-refractivity contribution is 9.10. The number of carbonyl (C=O) groups is 3. The Kier molecular flexibility index (Phi) is 8.66. The number of amides is 2. The van der Waals surface area contributed by atoms with Gasteiger partial charge in [-0.3, -0.25) is 19.3 Å². The van der Waals surface area contributed by atoms with Crippen LogP contribution in [0.2, 0.25) is 0 Å². The number of imide groups is 1. The van der Waals surface area contributed by atoms with Crippen LogP contribution in [0.5, 0.6) is 11.5 Å². The van der Waals surface area contributed by atoms with E-state index >= 15 is 0 Å². The zero-order valence-corrected chi connectivity index (χ0v) is 23.2. The van der Waals surface area contributed by atoms with Crippen molar-refractivity contribution in [1.29, 1.82) is 0 Å². The fraction of sp³-hybridized carbons (Fsp3) is 0.148. The summed E-state index contributed by atoms with van der Waals surface area (Å²) in [6.45, 7) is 2.34. The Morgan fingerprint density at radius 2 is 1.72 bits per heavy atom. The van der Waals surface area contributed by atoms with E-state index in [-0.39, 0.29) is 17.2 Å². The summed E-state index contributed by atoms with van der Waals surface area (Å²) in [6.07, 6.45) is 1.61. The summed E-state index contributed by atoms with van der Waals surface area (Å²) in [7, 11) is 0. The molecule has 4 rings (SSSR count). The minimum absolute atomic E-state index is 0.232. The summed E-state index contributed by atoms with van der Waals surface area (Å²) in [5.74, 6) is 0.242. The predicted octanol–water partition coefficient (Wildman–Crippen LogP) is 7.11. The minimum Gasteiger partial charge on any atom is -0.490 e. The van der Waals surface area contributed by atoms with Gasteiger partial charge in [0, 0.05) is 10.0 Å². The Morgan fingerprint density at radius 3 is 2.42 bits per heavy atom. The lowest BCUT2D eigenvalue weighted by atomic mass is 10.1. The van der Waals surface area contributed by atoms with Crippen LogP contribution in [0, 0.1) is 0 Å². The molecule has 0 aliphatic carbocycles. The van der Waals surface area contributed by atoms with Crippen molar-refractivity contribution in [1.82, 2.24) is 4.90 Å². The summed E-state index contributed by atoms with van der Waals surface area (Å²) in [4.78, 5) is 39.3. The lowest BCUT2D eigenvalue weighted by Gasteiger charge is -2.15. The number of Topliss-reactive ketones (excluding diaryl/α,β-unsaturated/α-hetero) is 1. The molecule has 0 saturated carbocycles. The Bertz CT molecular complexity index is 1330. The van der Waals surface area contributed by atoms with Crippen molar-refractivity contribution in [3.8, 4) is 11.5 Å². The smallest absolute Gasteiger partial charge is 0.293 e. The standard InChI is InChI=1S/C27H21Br2NO5S/c1-2-34-23-13-18(12-21(29)25(23)35-16-17-6-4-3-5-7-17)14-24-26(32)30(27(33)36-24)15-22(31)19-8-10-20(28)11-9-19/h3-14H,2,15-16H2,1H3/b24-14+. The summed E-state index contributed by atoms with van der Waals surface area (Å²) in [5.41, 5.74) is 2.10. The largest absolute Gasteiger partial charge is 0.490 e. The van der Waals surface area contributed by atoms with Gasteiger partial charge in [-0.2, -0.15) is 0 Å². The van der Waals surface area contributed by atoms with E-state index in [1.165, 1.54) is 0 Å². The molecule has 1 saturated heterocycles. The number of halogens is 2. The second kappa shape index (κ2) is 11.9. The molecule has 36 heavy (non-hydrogen) atoms. The quantitative estimate of drug-likeness (QED) is 0.185. The molecular formula is C27H21Br2NO5S. The summed E-state index contributed by atoms with van der Waals surface area (Å²) in [6, 6.07) is 20.1. The second-order valence-corrected chi connectivity index (χ2v) is 10.5. The molecule has 0 bridgehead atoms. The number of benzene rings is 3. The van der Waals surface area contributed by atoms with E-state index in [9.17, 15) is 14.4 Å². The molecule has 0 spiro atoms. The van der Waals surface area contributed by atoms with Crippen LogP contribution in [0.3, 0.4) is 0 Å². The van der Waals surface area contributed by atoms with Gasteiger partial charge in [0.15, 0.2) is 17.3 Å². The summed E-state index contributed by atoms with van der Waals surface area (Å²) < 4.78 is 13.3. The Labute approximate surface area is 229 Å². The Balaban J connectivity index is 1.53. The zero-order valence-electron chi connectivity index (χ0n) is 19.2. The number of nitrogens with zero attached hydrogens (tertiary/aromatic N) is 1. The topological polar surface area (TPSA) is 72.9 Å². The molecular weight excluding hydrogens is 610 g/mol. The van der Waals surface area contributed by atoms with E-state index < -0.39 is 11.1 Å². The average molecular weight is 631 g/mol. The van der Waals surface area contributed by atoms with Gasteiger partial charge in [0.25, 0.3) is 11.1 Å². The van der Waals surface area contributed by atoms with Gasteiger partial charge in [-0.05, 0) is 76.1 Å². The molecule has 1 fully saturated rings. The number of rotatable bonds is 9. The third kappa shape index (κ3) is 6.27. The molecule has 3 aromatic rings. The number of hydrogen-bond donors (Lipinski definition) is 0. The van der Waals surface area contributed by atoms with Crippen molar-refractivity contribution >= 4 is 66.6 Å². The molecule has 0 unspecified atom stereocenters. The van der Waals surface area contributed by atoms with E-state index in [4.69, 9.17) is 9.47 Å². The van der Waals surface area contributed by atoms with Gasteiger partial charge >= 0.3 is 0 Å². The number of hydrogen-bond acceptors (Lipinski definition) is 6. The monoisotopic (exact) mass is 629 g/mol. The molecule has 0 atom stereocenters. The normalized spacial score (nSPS) is 14.4. The molecule has 184 valence electrons. The van der Waals surface area contributed by atoms with Gasteiger partial charge in [-0.25, -0.2) is 0 Å². The molecule has 3 aromatic carbocycles. The highest BCUT2D eigenvalue weighted by Gasteiger charge is 2.36. The van der Waals surface area contributed by atoms with Crippen LogP contribution in [0.15, 0.2) is 80.6 Å². The molecule has 0 radical (unpaired) electrons. The fourth-order valence-corrected chi connectivity index (χ4v) is 5.14. The summed E-state index contributed by atoms with van der Waals surface area (Å²) in [5, 5.41) is -0.483. The number of carbonyl (C=O) groups excluding carboxylic acids is 3. The highest BCUT2D eigenvalue weighted by Crippen LogP contribution is 2.39. The van der Waals surface area contributed by atoms with Gasteiger partial charge < -0.3 is 9.47 Å². The van der Waals surface area contributed by atoms with Crippen molar-refractivity contribution in [3.05, 3.63) is 97.3 Å². The molecule has 0 aromatic heterocycles. The zero-order chi connectivity index (χ0) is 25.7. The second-order valence-electron chi connectivity index (χ2n) is 7.74. The van der Waals surface area contributed by atoms with Crippen molar-refractivity contribution in [3.63, 3.8) is 0 Å². The van der Waals surface area contributed by atoms with E-state index in [2.05, 4.69) is 31.9 Å². The molecule has 9 heteroatoms. The fourth-order valence-electron chi connectivity index (χ4n) is 3.46. The maximum absolute atomic E-state index is 13.0. The third-order valence-corrected chi connectivity index (χ3v) is 7.22. The molecule has 1 heterocycles.